The van der Waals surface area contributed by atoms with Crippen molar-refractivity contribution in [2.75, 3.05) is 26.3 Å². The lowest BCUT2D eigenvalue weighted by Gasteiger charge is -2.11. The zero-order valence-corrected chi connectivity index (χ0v) is 10.3. The van der Waals surface area contributed by atoms with Gasteiger partial charge in [-0.05, 0) is 36.4 Å². The van der Waals surface area contributed by atoms with Crippen LogP contribution in [-0.4, -0.2) is 26.3 Å². The Morgan fingerprint density at radius 1 is 1.29 bits per heavy atom. The second-order valence-corrected chi connectivity index (χ2v) is 4.66. The third-order valence-electron chi connectivity index (χ3n) is 3.37. The van der Waals surface area contributed by atoms with Gasteiger partial charge in [0.05, 0.1) is 6.61 Å². The third-order valence-corrected chi connectivity index (χ3v) is 3.37. The highest BCUT2D eigenvalue weighted by atomic mass is 16.5. The molecule has 0 amide bonds. The minimum Gasteiger partial charge on any atom is -0.381 e. The lowest BCUT2D eigenvalue weighted by Crippen LogP contribution is -2.25. The van der Waals surface area contributed by atoms with Crippen LogP contribution in [0.15, 0.2) is 24.3 Å². The van der Waals surface area contributed by atoms with E-state index in [0.717, 1.165) is 32.7 Å². The Hall–Kier alpha value is -0.900. The largest absolute Gasteiger partial charge is 0.381 e. The summed E-state index contributed by atoms with van der Waals surface area (Å²) in [6.45, 7) is 4.58. The second-order valence-electron chi connectivity index (χ2n) is 4.66. The molecule has 1 atom stereocenters. The standard InChI is InChI=1S/C14H22N2O/c15-9-14-4-2-1-3-13(14)5-7-16-10-12-6-8-17-11-12/h1-4,12,16H,5-11,15H2. The van der Waals surface area contributed by atoms with Crippen molar-refractivity contribution in [2.45, 2.75) is 19.4 Å². The van der Waals surface area contributed by atoms with Gasteiger partial charge in [-0.15, -0.1) is 0 Å². The molecular formula is C14H22N2O. The number of nitrogens with two attached hydrogens (primary N) is 1. The lowest BCUT2D eigenvalue weighted by molar-refractivity contribution is 0.185. The number of benzene rings is 1. The summed E-state index contributed by atoms with van der Waals surface area (Å²) in [5.41, 5.74) is 8.35. The van der Waals surface area contributed by atoms with Crippen molar-refractivity contribution in [1.82, 2.24) is 5.32 Å². The third kappa shape index (κ3) is 3.80. The van der Waals surface area contributed by atoms with Gasteiger partial charge in [0.25, 0.3) is 0 Å². The molecule has 17 heavy (non-hydrogen) atoms. The van der Waals surface area contributed by atoms with Crippen LogP contribution in [0.25, 0.3) is 0 Å². The van der Waals surface area contributed by atoms with Crippen LogP contribution >= 0.6 is 0 Å². The Kier molecular flexibility index (Phi) is 4.98. The van der Waals surface area contributed by atoms with Gasteiger partial charge < -0.3 is 15.8 Å². The molecule has 1 aliphatic heterocycles. The van der Waals surface area contributed by atoms with Crippen molar-refractivity contribution in [3.8, 4) is 0 Å². The van der Waals surface area contributed by atoms with E-state index in [1.807, 2.05) is 0 Å². The molecule has 1 aromatic carbocycles. The van der Waals surface area contributed by atoms with Crippen LogP contribution in [-0.2, 0) is 17.7 Å². The van der Waals surface area contributed by atoms with Crippen LogP contribution < -0.4 is 11.1 Å². The van der Waals surface area contributed by atoms with E-state index in [4.69, 9.17) is 10.5 Å². The molecule has 3 heteroatoms. The first kappa shape index (κ1) is 12.6. The van der Waals surface area contributed by atoms with E-state index in [1.54, 1.807) is 0 Å². The minimum absolute atomic E-state index is 0.632. The number of rotatable bonds is 6. The van der Waals surface area contributed by atoms with Crippen molar-refractivity contribution in [3.63, 3.8) is 0 Å². The molecule has 0 bridgehead atoms. The van der Waals surface area contributed by atoms with E-state index in [-0.39, 0.29) is 0 Å². The topological polar surface area (TPSA) is 47.3 Å². The van der Waals surface area contributed by atoms with Crippen molar-refractivity contribution in [1.29, 1.82) is 0 Å². The smallest absolute Gasteiger partial charge is 0.0507 e. The van der Waals surface area contributed by atoms with Gasteiger partial charge in [-0.3, -0.25) is 0 Å². The van der Waals surface area contributed by atoms with Crippen molar-refractivity contribution >= 4 is 0 Å². The molecule has 0 aliphatic carbocycles. The van der Waals surface area contributed by atoms with E-state index in [0.29, 0.717) is 12.5 Å². The molecule has 2 rings (SSSR count). The van der Waals surface area contributed by atoms with Gasteiger partial charge in [0.15, 0.2) is 0 Å². The number of ether oxygens (including phenoxy) is 1. The molecular weight excluding hydrogens is 212 g/mol. The van der Waals surface area contributed by atoms with Gasteiger partial charge in [-0.2, -0.15) is 0 Å². The fourth-order valence-corrected chi connectivity index (χ4v) is 2.27. The summed E-state index contributed by atoms with van der Waals surface area (Å²) in [6, 6.07) is 8.41. The number of hydrogen-bond donors (Lipinski definition) is 2. The Labute approximate surface area is 103 Å². The van der Waals surface area contributed by atoms with Crippen molar-refractivity contribution in [3.05, 3.63) is 35.4 Å². The van der Waals surface area contributed by atoms with Crippen LogP contribution in [0.3, 0.4) is 0 Å². The average molecular weight is 234 g/mol. The predicted octanol–water partition coefficient (Wildman–Crippen LogP) is 1.31. The summed E-state index contributed by atoms with van der Waals surface area (Å²) in [6.07, 6.45) is 2.26. The zero-order valence-electron chi connectivity index (χ0n) is 10.3. The lowest BCUT2D eigenvalue weighted by atomic mass is 10.0. The van der Waals surface area contributed by atoms with E-state index in [1.165, 1.54) is 17.5 Å². The maximum Gasteiger partial charge on any atom is 0.0507 e. The Bertz CT molecular complexity index is 335. The van der Waals surface area contributed by atoms with Gasteiger partial charge >= 0.3 is 0 Å². The van der Waals surface area contributed by atoms with Gasteiger partial charge in [0.1, 0.15) is 0 Å². The maximum absolute atomic E-state index is 5.72. The highest BCUT2D eigenvalue weighted by Crippen LogP contribution is 2.11. The molecule has 1 saturated heterocycles. The summed E-state index contributed by atoms with van der Waals surface area (Å²) < 4.78 is 5.35. The van der Waals surface area contributed by atoms with Crippen molar-refractivity contribution < 1.29 is 4.74 Å². The predicted molar refractivity (Wildman–Crippen MR) is 69.8 cm³/mol. The Balaban J connectivity index is 1.70. The summed E-state index contributed by atoms with van der Waals surface area (Å²) in [4.78, 5) is 0. The quantitative estimate of drug-likeness (QED) is 0.730. The van der Waals surface area contributed by atoms with E-state index < -0.39 is 0 Å². The van der Waals surface area contributed by atoms with Crippen molar-refractivity contribution in [2.24, 2.45) is 11.7 Å². The molecule has 1 heterocycles. The van der Waals surface area contributed by atoms with Gasteiger partial charge in [0.2, 0.25) is 0 Å². The fraction of sp³-hybridized carbons (Fsp3) is 0.571. The average Bonchev–Trinajstić information content (AvgIpc) is 2.88. The first-order valence-corrected chi connectivity index (χ1v) is 6.45. The molecule has 3 N–H and O–H groups in total. The summed E-state index contributed by atoms with van der Waals surface area (Å²) in [7, 11) is 0. The van der Waals surface area contributed by atoms with Crippen LogP contribution in [0.2, 0.25) is 0 Å². The molecule has 0 radical (unpaired) electrons. The normalized spacial score (nSPS) is 19.7. The van der Waals surface area contributed by atoms with Gasteiger partial charge in [-0.1, -0.05) is 24.3 Å². The van der Waals surface area contributed by atoms with Crippen LogP contribution in [0, 0.1) is 5.92 Å². The molecule has 0 spiro atoms. The van der Waals surface area contributed by atoms with E-state index in [2.05, 4.69) is 29.6 Å². The Morgan fingerprint density at radius 2 is 2.12 bits per heavy atom. The number of hydrogen-bond acceptors (Lipinski definition) is 3. The highest BCUT2D eigenvalue weighted by molar-refractivity contribution is 5.27. The molecule has 94 valence electrons. The molecule has 1 fully saturated rings. The second kappa shape index (κ2) is 6.74. The van der Waals surface area contributed by atoms with Crippen LogP contribution in [0.1, 0.15) is 17.5 Å². The minimum atomic E-state index is 0.632. The summed E-state index contributed by atoms with van der Waals surface area (Å²) in [5, 5.41) is 3.51. The summed E-state index contributed by atoms with van der Waals surface area (Å²) >= 11 is 0. The maximum atomic E-state index is 5.72. The Morgan fingerprint density at radius 3 is 2.82 bits per heavy atom. The molecule has 1 aliphatic rings. The molecule has 0 saturated carbocycles. The van der Waals surface area contributed by atoms with Crippen LogP contribution in [0.4, 0.5) is 0 Å². The number of nitrogens with one attached hydrogen (secondary N) is 1. The highest BCUT2D eigenvalue weighted by Gasteiger charge is 2.14. The SMILES string of the molecule is NCc1ccccc1CCNCC1CCOC1. The molecule has 1 aromatic rings. The van der Waals surface area contributed by atoms with E-state index >= 15 is 0 Å². The van der Waals surface area contributed by atoms with E-state index in [9.17, 15) is 0 Å². The first-order valence-electron chi connectivity index (χ1n) is 6.45. The monoisotopic (exact) mass is 234 g/mol. The molecule has 1 unspecified atom stereocenters. The van der Waals surface area contributed by atoms with Gasteiger partial charge in [-0.25, -0.2) is 0 Å². The zero-order chi connectivity index (χ0) is 11.9. The summed E-state index contributed by atoms with van der Waals surface area (Å²) in [5.74, 6) is 0.708. The fourth-order valence-electron chi connectivity index (χ4n) is 2.27. The van der Waals surface area contributed by atoms with Gasteiger partial charge in [0, 0.05) is 19.7 Å². The van der Waals surface area contributed by atoms with Crippen LogP contribution in [0.5, 0.6) is 0 Å². The molecule has 0 aromatic heterocycles. The molecule has 3 nitrogen and oxygen atoms in total. The first-order chi connectivity index (χ1) is 8.40.